The minimum absolute atomic E-state index is 0.235. The van der Waals surface area contributed by atoms with Crippen molar-refractivity contribution in [2.75, 3.05) is 5.32 Å². The fourth-order valence-electron chi connectivity index (χ4n) is 3.89. The Balaban J connectivity index is 1.33. The molecule has 1 N–H and O–H groups in total. The van der Waals surface area contributed by atoms with E-state index in [4.69, 9.17) is 9.15 Å². The molecule has 0 atom stereocenters. The summed E-state index contributed by atoms with van der Waals surface area (Å²) < 4.78 is 11.7. The fourth-order valence-corrected chi connectivity index (χ4v) is 3.89. The second kappa shape index (κ2) is 10.1. The summed E-state index contributed by atoms with van der Waals surface area (Å²) in [6.07, 6.45) is 0.767. The molecule has 0 aliphatic rings. The molecular weight excluding hydrogens is 438 g/mol. The molecule has 6 nitrogen and oxygen atoms in total. The monoisotopic (exact) mass is 461 g/mol. The molecular formula is C29H23N3O3. The van der Waals surface area contributed by atoms with E-state index in [0.717, 1.165) is 34.1 Å². The molecule has 0 amide bonds. The maximum Gasteiger partial charge on any atom is 0.320 e. The van der Waals surface area contributed by atoms with Crippen molar-refractivity contribution in [3.05, 3.63) is 114 Å². The lowest BCUT2D eigenvalue weighted by atomic mass is 9.96. The summed E-state index contributed by atoms with van der Waals surface area (Å²) in [5.74, 6) is 0.926. The smallest absolute Gasteiger partial charge is 0.320 e. The largest absolute Gasteiger partial charge is 0.488 e. The number of aldehydes is 1. The molecule has 0 aliphatic carbocycles. The molecule has 0 bridgehead atoms. The van der Waals surface area contributed by atoms with Gasteiger partial charge in [0.1, 0.15) is 12.4 Å². The van der Waals surface area contributed by atoms with Crippen LogP contribution in [0.4, 0.5) is 11.7 Å². The van der Waals surface area contributed by atoms with E-state index >= 15 is 0 Å². The van der Waals surface area contributed by atoms with Crippen molar-refractivity contribution in [3.63, 3.8) is 0 Å². The van der Waals surface area contributed by atoms with Crippen LogP contribution < -0.4 is 10.1 Å². The lowest BCUT2D eigenvalue weighted by Crippen LogP contribution is -1.99. The molecule has 5 rings (SSSR count). The van der Waals surface area contributed by atoms with Crippen LogP contribution in [0.2, 0.25) is 0 Å². The quantitative estimate of drug-likeness (QED) is 0.255. The van der Waals surface area contributed by atoms with Crippen LogP contribution in [0.25, 0.3) is 22.6 Å². The van der Waals surface area contributed by atoms with Crippen molar-refractivity contribution >= 4 is 18.0 Å². The summed E-state index contributed by atoms with van der Waals surface area (Å²) >= 11 is 0. The van der Waals surface area contributed by atoms with Gasteiger partial charge in [-0.2, -0.15) is 0 Å². The number of nitrogens with zero attached hydrogens (tertiary/aromatic N) is 2. The van der Waals surface area contributed by atoms with Gasteiger partial charge < -0.3 is 14.5 Å². The summed E-state index contributed by atoms with van der Waals surface area (Å²) in [5, 5.41) is 11.4. The number of anilines is 2. The molecule has 4 aromatic carbocycles. The molecule has 6 heteroatoms. The van der Waals surface area contributed by atoms with Crippen molar-refractivity contribution in [1.82, 2.24) is 10.2 Å². The number of hydrogen-bond acceptors (Lipinski definition) is 6. The third-order valence-corrected chi connectivity index (χ3v) is 5.70. The van der Waals surface area contributed by atoms with Gasteiger partial charge in [0.15, 0.2) is 6.29 Å². The van der Waals surface area contributed by atoms with Crippen LogP contribution in [0.15, 0.2) is 101 Å². The third-order valence-electron chi connectivity index (χ3n) is 5.70. The summed E-state index contributed by atoms with van der Waals surface area (Å²) in [6.45, 7) is 2.42. The first-order valence-electron chi connectivity index (χ1n) is 11.2. The zero-order valence-corrected chi connectivity index (χ0v) is 19.1. The number of aromatic nitrogens is 2. The predicted octanol–water partition coefficient (Wildman–Crippen LogP) is 6.85. The second-order valence-electron chi connectivity index (χ2n) is 8.03. The van der Waals surface area contributed by atoms with Gasteiger partial charge in [-0.25, -0.2) is 0 Å². The molecule has 0 fully saturated rings. The summed E-state index contributed by atoms with van der Waals surface area (Å²) in [6, 6.07) is 31.5. The standard InChI is InChI=1S/C29H23N3O3/c1-20-25(22-11-6-3-7-12-22)13-8-14-26(20)28-31-32-29(35-28)30-24-15-16-27(23(17-24)18-33)34-19-21-9-4-2-5-10-21/h2-18H,19H2,1H3,(H,30,32). The van der Waals surface area contributed by atoms with Crippen LogP contribution in [0.1, 0.15) is 21.5 Å². The van der Waals surface area contributed by atoms with Gasteiger partial charge >= 0.3 is 6.01 Å². The summed E-state index contributed by atoms with van der Waals surface area (Å²) in [4.78, 5) is 11.7. The number of rotatable bonds is 8. The summed E-state index contributed by atoms with van der Waals surface area (Å²) in [7, 11) is 0. The van der Waals surface area contributed by atoms with Crippen molar-refractivity contribution in [2.45, 2.75) is 13.5 Å². The van der Waals surface area contributed by atoms with Gasteiger partial charge in [-0.1, -0.05) is 77.9 Å². The first-order chi connectivity index (χ1) is 17.2. The molecule has 172 valence electrons. The minimum atomic E-state index is 0.235. The Hall–Kier alpha value is -4.71. The third kappa shape index (κ3) is 4.96. The van der Waals surface area contributed by atoms with Crippen molar-refractivity contribution in [1.29, 1.82) is 0 Å². The van der Waals surface area contributed by atoms with E-state index in [0.29, 0.717) is 29.5 Å². The fraction of sp³-hybridized carbons (Fsp3) is 0.0690. The Morgan fingerprint density at radius 3 is 2.37 bits per heavy atom. The summed E-state index contributed by atoms with van der Waals surface area (Å²) in [5.41, 5.74) is 6.25. The molecule has 0 spiro atoms. The minimum Gasteiger partial charge on any atom is -0.488 e. The highest BCUT2D eigenvalue weighted by atomic mass is 16.5. The van der Waals surface area contributed by atoms with Crippen LogP contribution in [-0.4, -0.2) is 16.5 Å². The number of ether oxygens (including phenoxy) is 1. The van der Waals surface area contributed by atoms with Crippen LogP contribution in [0.3, 0.4) is 0 Å². The topological polar surface area (TPSA) is 77.3 Å². The van der Waals surface area contributed by atoms with E-state index in [2.05, 4.69) is 33.7 Å². The maximum absolute atomic E-state index is 11.7. The van der Waals surface area contributed by atoms with E-state index in [1.165, 1.54) is 0 Å². The molecule has 0 unspecified atom stereocenters. The van der Waals surface area contributed by atoms with Crippen molar-refractivity contribution in [2.24, 2.45) is 0 Å². The predicted molar refractivity (Wildman–Crippen MR) is 136 cm³/mol. The maximum atomic E-state index is 11.7. The van der Waals surface area contributed by atoms with Crippen LogP contribution >= 0.6 is 0 Å². The number of carbonyl (C=O) groups excluding carboxylic acids is 1. The number of benzene rings is 4. The average molecular weight is 462 g/mol. The van der Waals surface area contributed by atoms with Gasteiger partial charge in [0.25, 0.3) is 0 Å². The zero-order chi connectivity index (χ0) is 24.0. The molecule has 1 aromatic heterocycles. The Bertz CT molecular complexity index is 1450. The molecule has 5 aromatic rings. The molecule has 35 heavy (non-hydrogen) atoms. The van der Waals surface area contributed by atoms with Crippen molar-refractivity contribution in [3.8, 4) is 28.3 Å². The first kappa shape index (κ1) is 22.1. The van der Waals surface area contributed by atoms with Gasteiger partial charge in [-0.15, -0.1) is 5.10 Å². The molecule has 0 aliphatic heterocycles. The first-order valence-corrected chi connectivity index (χ1v) is 11.2. The van der Waals surface area contributed by atoms with Crippen LogP contribution in [0.5, 0.6) is 5.75 Å². The van der Waals surface area contributed by atoms with Crippen molar-refractivity contribution < 1.29 is 13.9 Å². The van der Waals surface area contributed by atoms with E-state index in [9.17, 15) is 4.79 Å². The Morgan fingerprint density at radius 1 is 0.857 bits per heavy atom. The Morgan fingerprint density at radius 2 is 1.60 bits per heavy atom. The van der Waals surface area contributed by atoms with E-state index < -0.39 is 0 Å². The average Bonchev–Trinajstić information content (AvgIpc) is 3.37. The highest BCUT2D eigenvalue weighted by Gasteiger charge is 2.15. The zero-order valence-electron chi connectivity index (χ0n) is 19.1. The van der Waals surface area contributed by atoms with Gasteiger partial charge in [-0.05, 0) is 53.4 Å². The lowest BCUT2D eigenvalue weighted by Gasteiger charge is -2.10. The molecule has 0 saturated carbocycles. The van der Waals surface area contributed by atoms with Gasteiger partial charge in [0.05, 0.1) is 5.56 Å². The van der Waals surface area contributed by atoms with Crippen LogP contribution in [0, 0.1) is 6.92 Å². The van der Waals surface area contributed by atoms with Gasteiger partial charge in [0, 0.05) is 11.3 Å². The SMILES string of the molecule is Cc1c(-c2ccccc2)cccc1-c1nnc(Nc2ccc(OCc3ccccc3)c(C=O)c2)o1. The number of carbonyl (C=O) groups is 1. The molecule has 0 saturated heterocycles. The van der Waals surface area contributed by atoms with E-state index in [1.807, 2.05) is 67.6 Å². The Labute approximate surface area is 203 Å². The highest BCUT2D eigenvalue weighted by Crippen LogP contribution is 2.32. The van der Waals surface area contributed by atoms with Gasteiger partial charge in [-0.3, -0.25) is 4.79 Å². The molecule has 1 heterocycles. The second-order valence-corrected chi connectivity index (χ2v) is 8.03. The highest BCUT2D eigenvalue weighted by molar-refractivity contribution is 5.82. The van der Waals surface area contributed by atoms with Gasteiger partial charge in [0.2, 0.25) is 5.89 Å². The van der Waals surface area contributed by atoms with E-state index in [1.54, 1.807) is 18.2 Å². The molecule has 0 radical (unpaired) electrons. The number of hydrogen-bond donors (Lipinski definition) is 1. The normalized spacial score (nSPS) is 10.7. The van der Waals surface area contributed by atoms with E-state index in [-0.39, 0.29) is 6.01 Å². The lowest BCUT2D eigenvalue weighted by molar-refractivity contribution is 0.111. The van der Waals surface area contributed by atoms with Crippen LogP contribution in [-0.2, 0) is 6.61 Å². The number of nitrogens with one attached hydrogen (secondary N) is 1. The Kier molecular flexibility index (Phi) is 6.35.